The molecule has 1 atom stereocenters. The SMILES string of the molecule is Cc1nc(N2CCC(C(=O)N3CCC[C@H](c4ccccc4)C3)CC2)nc2cc(S(C)(=O)=O)ccc12. The lowest BCUT2D eigenvalue weighted by atomic mass is 9.88. The van der Waals surface area contributed by atoms with Crippen molar-refractivity contribution < 1.29 is 13.2 Å². The molecule has 0 spiro atoms. The van der Waals surface area contributed by atoms with Crippen LogP contribution in [0.4, 0.5) is 5.95 Å². The first-order chi connectivity index (χ1) is 16.8. The third-order valence-corrected chi connectivity index (χ3v) is 8.52. The molecule has 0 unspecified atom stereocenters. The molecule has 0 saturated carbocycles. The van der Waals surface area contributed by atoms with E-state index in [-0.39, 0.29) is 16.7 Å². The Morgan fingerprint density at radius 2 is 1.71 bits per heavy atom. The molecule has 1 amide bonds. The second-order valence-electron chi connectivity index (χ2n) is 9.86. The molecule has 0 aliphatic carbocycles. The number of aryl methyl sites for hydroxylation is 1. The lowest BCUT2D eigenvalue weighted by molar-refractivity contribution is -0.137. The summed E-state index contributed by atoms with van der Waals surface area (Å²) in [5.41, 5.74) is 2.78. The number of carbonyl (C=O) groups is 1. The highest BCUT2D eigenvalue weighted by molar-refractivity contribution is 7.90. The van der Waals surface area contributed by atoms with Crippen LogP contribution in [0.3, 0.4) is 0 Å². The van der Waals surface area contributed by atoms with Crippen LogP contribution in [0, 0.1) is 12.8 Å². The molecule has 1 aromatic heterocycles. The Morgan fingerprint density at radius 1 is 0.971 bits per heavy atom. The molecule has 3 aromatic rings. The summed E-state index contributed by atoms with van der Waals surface area (Å²) < 4.78 is 24.0. The molecule has 35 heavy (non-hydrogen) atoms. The van der Waals surface area contributed by atoms with Crippen molar-refractivity contribution in [2.24, 2.45) is 5.92 Å². The Morgan fingerprint density at radius 3 is 2.43 bits per heavy atom. The zero-order valence-electron chi connectivity index (χ0n) is 20.4. The van der Waals surface area contributed by atoms with E-state index >= 15 is 0 Å². The monoisotopic (exact) mass is 492 g/mol. The highest BCUT2D eigenvalue weighted by atomic mass is 32.2. The van der Waals surface area contributed by atoms with Gasteiger partial charge in [0.05, 0.1) is 16.1 Å². The quantitative estimate of drug-likeness (QED) is 0.548. The van der Waals surface area contributed by atoms with Gasteiger partial charge >= 0.3 is 0 Å². The number of piperidine rings is 2. The molecule has 2 aliphatic heterocycles. The number of hydrogen-bond donors (Lipinski definition) is 0. The number of likely N-dealkylation sites (tertiary alicyclic amines) is 1. The molecule has 8 heteroatoms. The van der Waals surface area contributed by atoms with Crippen LogP contribution in [-0.2, 0) is 14.6 Å². The first-order valence-corrected chi connectivity index (χ1v) is 14.3. The van der Waals surface area contributed by atoms with E-state index < -0.39 is 9.84 Å². The molecule has 0 N–H and O–H groups in total. The summed E-state index contributed by atoms with van der Waals surface area (Å²) in [7, 11) is -3.31. The summed E-state index contributed by atoms with van der Waals surface area (Å²) in [5.74, 6) is 1.33. The van der Waals surface area contributed by atoms with Gasteiger partial charge in [0.2, 0.25) is 11.9 Å². The van der Waals surface area contributed by atoms with Gasteiger partial charge in [0.25, 0.3) is 0 Å². The summed E-state index contributed by atoms with van der Waals surface area (Å²) in [6, 6.07) is 15.5. The fourth-order valence-corrected chi connectivity index (χ4v) is 6.03. The maximum absolute atomic E-state index is 13.4. The van der Waals surface area contributed by atoms with Gasteiger partial charge in [-0.1, -0.05) is 30.3 Å². The molecule has 2 aliphatic rings. The van der Waals surface area contributed by atoms with E-state index in [1.807, 2.05) is 13.0 Å². The lowest BCUT2D eigenvalue weighted by Gasteiger charge is -2.38. The number of aromatic nitrogens is 2. The zero-order chi connectivity index (χ0) is 24.6. The maximum atomic E-state index is 13.4. The van der Waals surface area contributed by atoms with Gasteiger partial charge in [-0.05, 0) is 56.4 Å². The number of rotatable bonds is 4. The Kier molecular flexibility index (Phi) is 6.49. The lowest BCUT2D eigenvalue weighted by Crippen LogP contribution is -2.46. The molecule has 3 heterocycles. The van der Waals surface area contributed by atoms with Crippen LogP contribution in [0.5, 0.6) is 0 Å². The Balaban J connectivity index is 1.26. The van der Waals surface area contributed by atoms with Crippen LogP contribution >= 0.6 is 0 Å². The van der Waals surface area contributed by atoms with Crippen molar-refractivity contribution in [2.45, 2.75) is 43.4 Å². The normalized spacial score (nSPS) is 19.8. The zero-order valence-corrected chi connectivity index (χ0v) is 21.2. The van der Waals surface area contributed by atoms with Crippen LogP contribution in [-0.4, -0.2) is 61.6 Å². The van der Waals surface area contributed by atoms with Crippen molar-refractivity contribution in [3.05, 3.63) is 59.8 Å². The largest absolute Gasteiger partial charge is 0.342 e. The number of anilines is 1. The molecule has 0 radical (unpaired) electrons. The summed E-state index contributed by atoms with van der Waals surface area (Å²) in [6.45, 7) is 4.99. The first kappa shape index (κ1) is 23.7. The van der Waals surface area contributed by atoms with Crippen LogP contribution in [0.1, 0.15) is 42.9 Å². The Bertz CT molecular complexity index is 1340. The molecule has 2 aromatic carbocycles. The minimum Gasteiger partial charge on any atom is -0.342 e. The summed E-state index contributed by atoms with van der Waals surface area (Å²) in [5, 5.41) is 0.851. The molecular formula is C27H32N4O3S. The van der Waals surface area contributed by atoms with E-state index in [1.54, 1.807) is 18.2 Å². The van der Waals surface area contributed by atoms with E-state index in [9.17, 15) is 13.2 Å². The highest BCUT2D eigenvalue weighted by Crippen LogP contribution is 2.30. The molecule has 2 fully saturated rings. The van der Waals surface area contributed by atoms with Gasteiger partial charge in [-0.3, -0.25) is 4.79 Å². The first-order valence-electron chi connectivity index (χ1n) is 12.4. The number of amides is 1. The maximum Gasteiger partial charge on any atom is 0.226 e. The molecule has 7 nitrogen and oxygen atoms in total. The van der Waals surface area contributed by atoms with Crippen molar-refractivity contribution in [1.29, 1.82) is 0 Å². The number of benzene rings is 2. The highest BCUT2D eigenvalue weighted by Gasteiger charge is 2.32. The van der Waals surface area contributed by atoms with E-state index in [4.69, 9.17) is 9.97 Å². The van der Waals surface area contributed by atoms with E-state index in [0.29, 0.717) is 30.5 Å². The minimum atomic E-state index is -3.31. The van der Waals surface area contributed by atoms with Crippen molar-refractivity contribution >= 4 is 32.6 Å². The number of nitrogens with zero attached hydrogens (tertiary/aromatic N) is 4. The van der Waals surface area contributed by atoms with E-state index in [1.165, 1.54) is 11.8 Å². The fourth-order valence-electron chi connectivity index (χ4n) is 5.38. The Labute approximate surface area is 207 Å². The smallest absolute Gasteiger partial charge is 0.226 e. The molecule has 0 bridgehead atoms. The summed E-state index contributed by atoms with van der Waals surface area (Å²) in [4.78, 5) is 27.2. The molecule has 2 saturated heterocycles. The predicted molar refractivity (Wildman–Crippen MR) is 137 cm³/mol. The van der Waals surface area contributed by atoms with Gasteiger partial charge in [-0.25, -0.2) is 18.4 Å². The van der Waals surface area contributed by atoms with Crippen LogP contribution in [0.2, 0.25) is 0 Å². The third-order valence-electron chi connectivity index (χ3n) is 7.41. The molecule has 184 valence electrons. The third kappa shape index (κ3) is 5.03. The predicted octanol–water partition coefficient (Wildman–Crippen LogP) is 3.96. The summed E-state index contributed by atoms with van der Waals surface area (Å²) in [6.07, 6.45) is 4.93. The van der Waals surface area contributed by atoms with Crippen LogP contribution in [0.15, 0.2) is 53.4 Å². The van der Waals surface area contributed by atoms with Gasteiger partial charge < -0.3 is 9.80 Å². The standard InChI is InChI=1S/C27H32N4O3S/c1-19-24-11-10-23(35(2,33)34)17-25(24)29-27(28-19)30-15-12-21(13-16-30)26(32)31-14-6-9-22(18-31)20-7-4-3-5-8-20/h3-5,7-8,10-11,17,21-22H,6,9,12-16,18H2,1-2H3/t22-/m0/s1. The average Bonchev–Trinajstić information content (AvgIpc) is 2.88. The fraction of sp³-hybridized carbons (Fsp3) is 0.444. The van der Waals surface area contributed by atoms with Gasteiger partial charge in [-0.15, -0.1) is 0 Å². The van der Waals surface area contributed by atoms with Crippen LogP contribution in [0.25, 0.3) is 10.9 Å². The van der Waals surface area contributed by atoms with E-state index in [0.717, 1.165) is 49.9 Å². The second kappa shape index (κ2) is 9.57. The number of fused-ring (bicyclic) bond motifs is 1. The average molecular weight is 493 g/mol. The number of hydrogen-bond acceptors (Lipinski definition) is 6. The van der Waals surface area contributed by atoms with Gasteiger partial charge in [0.1, 0.15) is 0 Å². The van der Waals surface area contributed by atoms with Crippen molar-refractivity contribution in [1.82, 2.24) is 14.9 Å². The number of sulfone groups is 1. The van der Waals surface area contributed by atoms with Gasteiger partial charge in [0, 0.05) is 49.7 Å². The topological polar surface area (TPSA) is 83.5 Å². The van der Waals surface area contributed by atoms with Crippen molar-refractivity contribution in [3.8, 4) is 0 Å². The Hall–Kier alpha value is -3.00. The van der Waals surface area contributed by atoms with Gasteiger partial charge in [0.15, 0.2) is 9.84 Å². The minimum absolute atomic E-state index is 0.0270. The van der Waals surface area contributed by atoms with Crippen molar-refractivity contribution in [2.75, 3.05) is 37.3 Å². The van der Waals surface area contributed by atoms with Crippen LogP contribution < -0.4 is 4.90 Å². The van der Waals surface area contributed by atoms with Crippen molar-refractivity contribution in [3.63, 3.8) is 0 Å². The number of carbonyl (C=O) groups excluding carboxylic acids is 1. The van der Waals surface area contributed by atoms with E-state index in [2.05, 4.69) is 34.1 Å². The second-order valence-corrected chi connectivity index (χ2v) is 11.9. The molecule has 5 rings (SSSR count). The summed E-state index contributed by atoms with van der Waals surface area (Å²) >= 11 is 0. The molecular weight excluding hydrogens is 460 g/mol. The van der Waals surface area contributed by atoms with Gasteiger partial charge in [-0.2, -0.15) is 0 Å².